The second kappa shape index (κ2) is 8.81. The van der Waals surface area contributed by atoms with Crippen LogP contribution < -0.4 is 15.0 Å². The maximum Gasteiger partial charge on any atom is 0.387 e. The van der Waals surface area contributed by atoms with Gasteiger partial charge in [-0.1, -0.05) is 18.2 Å². The van der Waals surface area contributed by atoms with Gasteiger partial charge in [-0.3, -0.25) is 0 Å². The van der Waals surface area contributed by atoms with Crippen LogP contribution in [-0.2, 0) is 0 Å². The molecule has 30 heavy (non-hydrogen) atoms. The van der Waals surface area contributed by atoms with Crippen LogP contribution in [-0.4, -0.2) is 60.0 Å². The van der Waals surface area contributed by atoms with Crippen molar-refractivity contribution in [1.29, 1.82) is 0 Å². The summed E-state index contributed by atoms with van der Waals surface area (Å²) in [5.41, 5.74) is 0.706. The Morgan fingerprint density at radius 2 is 2.13 bits per heavy atom. The molecule has 2 amide bonds. The number of likely N-dealkylation sites (N-methyl/N-ethyl adjacent to an activating group) is 1. The van der Waals surface area contributed by atoms with Gasteiger partial charge in [-0.15, -0.1) is 5.10 Å². The van der Waals surface area contributed by atoms with E-state index in [0.717, 1.165) is 25.2 Å². The molecule has 1 aromatic carbocycles. The topological polar surface area (TPSA) is 70.6 Å². The molecule has 0 radical (unpaired) electrons. The number of piperidine rings is 1. The minimum absolute atomic E-state index is 0.0141. The number of hydrogen-bond donors (Lipinski definition) is 1. The maximum atomic E-state index is 12.8. The van der Waals surface area contributed by atoms with Gasteiger partial charge in [0, 0.05) is 38.3 Å². The number of alkyl halides is 2. The highest BCUT2D eigenvalue weighted by atomic mass is 19.3. The van der Waals surface area contributed by atoms with E-state index in [9.17, 15) is 13.6 Å². The van der Waals surface area contributed by atoms with E-state index in [-0.39, 0.29) is 29.8 Å². The summed E-state index contributed by atoms with van der Waals surface area (Å²) in [5.74, 6) is 0.975. The Labute approximate surface area is 174 Å². The summed E-state index contributed by atoms with van der Waals surface area (Å²) in [4.78, 5) is 16.7. The van der Waals surface area contributed by atoms with Gasteiger partial charge in [-0.25, -0.2) is 4.79 Å². The van der Waals surface area contributed by atoms with Crippen LogP contribution in [0.25, 0.3) is 0 Å². The molecule has 3 atom stereocenters. The molecule has 1 N–H and O–H groups in total. The van der Waals surface area contributed by atoms with Crippen LogP contribution in [0.1, 0.15) is 30.7 Å². The standard InChI is InChI=1S/C21H25F2N5O2/c1-27(14-6-5-11-28(13-14)19-9-4-10-24-26-19)21(29)25-17-12-16(17)15-7-2-3-8-18(15)30-20(22)23/h2-4,7-10,14,16-17,20H,5-6,11-13H2,1H3,(H,25,29)/t14-,16?,17?/m1/s1. The first-order valence-corrected chi connectivity index (χ1v) is 10.1. The molecule has 0 bridgehead atoms. The van der Waals surface area contributed by atoms with E-state index in [1.165, 1.54) is 6.07 Å². The number of para-hydroxylation sites is 1. The van der Waals surface area contributed by atoms with Crippen molar-refractivity contribution in [2.45, 2.75) is 43.9 Å². The second-order valence-corrected chi connectivity index (χ2v) is 7.75. The molecule has 1 aromatic heterocycles. The molecular formula is C21H25F2N5O2. The smallest absolute Gasteiger partial charge is 0.387 e. The fraction of sp³-hybridized carbons (Fsp3) is 0.476. The number of carbonyl (C=O) groups is 1. The average Bonchev–Trinajstić information content (AvgIpc) is 3.52. The molecule has 9 heteroatoms. The van der Waals surface area contributed by atoms with Crippen molar-refractivity contribution < 1.29 is 18.3 Å². The SMILES string of the molecule is CN(C(=O)NC1CC1c1ccccc1OC(F)F)[C@@H]1CCCN(c2cccnn2)C1. The molecule has 0 spiro atoms. The monoisotopic (exact) mass is 417 g/mol. The number of aromatic nitrogens is 2. The molecule has 160 valence electrons. The van der Waals surface area contributed by atoms with Crippen LogP contribution in [0.2, 0.25) is 0 Å². The molecule has 1 saturated carbocycles. The van der Waals surface area contributed by atoms with Gasteiger partial charge in [-0.2, -0.15) is 13.9 Å². The molecule has 2 unspecified atom stereocenters. The Bertz CT molecular complexity index is 869. The number of amides is 2. The molecule has 2 fully saturated rings. The molecular weight excluding hydrogens is 392 g/mol. The molecule has 4 rings (SSSR count). The van der Waals surface area contributed by atoms with Gasteiger partial charge in [-0.05, 0) is 43.0 Å². The number of urea groups is 1. The zero-order chi connectivity index (χ0) is 21.1. The molecule has 1 aliphatic carbocycles. The van der Waals surface area contributed by atoms with Gasteiger partial charge < -0.3 is 19.9 Å². The summed E-state index contributed by atoms with van der Waals surface area (Å²) in [5, 5.41) is 11.1. The number of halogens is 2. The first kappa shape index (κ1) is 20.3. The van der Waals surface area contributed by atoms with E-state index >= 15 is 0 Å². The number of hydrogen-bond acceptors (Lipinski definition) is 5. The van der Waals surface area contributed by atoms with E-state index in [4.69, 9.17) is 0 Å². The maximum absolute atomic E-state index is 12.8. The molecule has 2 aromatic rings. The Kier molecular flexibility index (Phi) is 5.96. The van der Waals surface area contributed by atoms with Crippen LogP contribution in [0, 0.1) is 0 Å². The Morgan fingerprint density at radius 3 is 2.90 bits per heavy atom. The highest BCUT2D eigenvalue weighted by molar-refractivity contribution is 5.75. The highest BCUT2D eigenvalue weighted by Gasteiger charge is 2.42. The highest BCUT2D eigenvalue weighted by Crippen LogP contribution is 2.45. The van der Waals surface area contributed by atoms with Crippen LogP contribution in [0.3, 0.4) is 0 Å². The fourth-order valence-corrected chi connectivity index (χ4v) is 4.06. The summed E-state index contributed by atoms with van der Waals surface area (Å²) in [6.45, 7) is -1.29. The quantitative estimate of drug-likeness (QED) is 0.781. The third-order valence-electron chi connectivity index (χ3n) is 5.78. The number of carbonyl (C=O) groups excluding carboxylic acids is 1. The summed E-state index contributed by atoms with van der Waals surface area (Å²) in [6.07, 6.45) is 4.23. The number of benzene rings is 1. The normalized spacial score (nSPS) is 23.2. The fourth-order valence-electron chi connectivity index (χ4n) is 4.06. The zero-order valence-corrected chi connectivity index (χ0v) is 16.7. The van der Waals surface area contributed by atoms with Crippen molar-refractivity contribution in [3.63, 3.8) is 0 Å². The van der Waals surface area contributed by atoms with Gasteiger partial charge in [0.25, 0.3) is 0 Å². The molecule has 1 aliphatic heterocycles. The first-order valence-electron chi connectivity index (χ1n) is 10.1. The van der Waals surface area contributed by atoms with Crippen LogP contribution in [0.5, 0.6) is 5.75 Å². The number of nitrogens with one attached hydrogen (secondary N) is 1. The van der Waals surface area contributed by atoms with Crippen LogP contribution in [0.4, 0.5) is 19.4 Å². The van der Waals surface area contributed by atoms with Crippen molar-refractivity contribution in [1.82, 2.24) is 20.4 Å². The van der Waals surface area contributed by atoms with Gasteiger partial charge in [0.05, 0.1) is 6.04 Å². The Morgan fingerprint density at radius 1 is 1.30 bits per heavy atom. The summed E-state index contributed by atoms with van der Waals surface area (Å²) in [7, 11) is 1.80. The van der Waals surface area contributed by atoms with Crippen molar-refractivity contribution in [3.05, 3.63) is 48.2 Å². The lowest BCUT2D eigenvalue weighted by Gasteiger charge is -2.38. The number of ether oxygens (including phenoxy) is 1. The van der Waals surface area contributed by atoms with E-state index in [1.807, 2.05) is 12.1 Å². The lowest BCUT2D eigenvalue weighted by atomic mass is 10.0. The Balaban J connectivity index is 1.34. The number of rotatable bonds is 6. The van der Waals surface area contributed by atoms with Crippen molar-refractivity contribution in [2.75, 3.05) is 25.0 Å². The third-order valence-corrected chi connectivity index (χ3v) is 5.78. The third kappa shape index (κ3) is 4.60. The predicted octanol–water partition coefficient (Wildman–Crippen LogP) is 3.24. The van der Waals surface area contributed by atoms with E-state index in [1.54, 1.807) is 36.3 Å². The lowest BCUT2D eigenvalue weighted by molar-refractivity contribution is -0.0504. The van der Waals surface area contributed by atoms with Crippen molar-refractivity contribution >= 4 is 11.8 Å². The zero-order valence-electron chi connectivity index (χ0n) is 16.7. The molecule has 7 nitrogen and oxygen atoms in total. The van der Waals surface area contributed by atoms with Crippen molar-refractivity contribution in [2.24, 2.45) is 0 Å². The van der Waals surface area contributed by atoms with Gasteiger partial charge >= 0.3 is 12.6 Å². The largest absolute Gasteiger partial charge is 0.435 e. The van der Waals surface area contributed by atoms with Gasteiger partial charge in [0.15, 0.2) is 5.82 Å². The van der Waals surface area contributed by atoms with E-state index in [2.05, 4.69) is 25.2 Å². The molecule has 2 aliphatic rings. The van der Waals surface area contributed by atoms with Gasteiger partial charge in [0.1, 0.15) is 5.75 Å². The Hall–Kier alpha value is -2.97. The molecule has 2 heterocycles. The van der Waals surface area contributed by atoms with E-state index in [0.29, 0.717) is 18.5 Å². The minimum Gasteiger partial charge on any atom is -0.435 e. The van der Waals surface area contributed by atoms with Crippen LogP contribution >= 0.6 is 0 Å². The number of anilines is 1. The van der Waals surface area contributed by atoms with E-state index < -0.39 is 6.61 Å². The average molecular weight is 417 g/mol. The summed E-state index contributed by atoms with van der Waals surface area (Å²) < 4.78 is 29.9. The second-order valence-electron chi connectivity index (χ2n) is 7.75. The minimum atomic E-state index is -2.87. The van der Waals surface area contributed by atoms with Crippen LogP contribution in [0.15, 0.2) is 42.6 Å². The van der Waals surface area contributed by atoms with Gasteiger partial charge in [0.2, 0.25) is 0 Å². The number of nitrogens with zero attached hydrogens (tertiary/aromatic N) is 4. The lowest BCUT2D eigenvalue weighted by Crippen LogP contribution is -2.52. The summed E-state index contributed by atoms with van der Waals surface area (Å²) >= 11 is 0. The predicted molar refractivity (Wildman–Crippen MR) is 108 cm³/mol. The van der Waals surface area contributed by atoms with Crippen molar-refractivity contribution in [3.8, 4) is 5.75 Å². The first-order chi connectivity index (χ1) is 14.5. The summed E-state index contributed by atoms with van der Waals surface area (Å²) in [6, 6.07) is 10.4. The molecule has 1 saturated heterocycles.